The molecule has 2 heterocycles. The molecule has 1 fully saturated rings. The van der Waals surface area contributed by atoms with Crippen LogP contribution in [0, 0.1) is 12.8 Å². The van der Waals surface area contributed by atoms with Crippen LogP contribution in [0.1, 0.15) is 18.4 Å². The summed E-state index contributed by atoms with van der Waals surface area (Å²) in [5.41, 5.74) is 3.12. The Bertz CT molecular complexity index is 620. The molecule has 2 N–H and O–H groups in total. The fraction of sp³-hybridized carbons (Fsp3) is 0.429. The topological polar surface area (TPSA) is 69.2 Å². The number of aromatic amines is 1. The highest BCUT2D eigenvalue weighted by Gasteiger charge is 2.26. The number of hydrogen-bond donors (Lipinski definition) is 2. The van der Waals surface area contributed by atoms with E-state index in [1.54, 1.807) is 0 Å². The Morgan fingerprint density at radius 2 is 2.37 bits per heavy atom. The third kappa shape index (κ3) is 2.28. The van der Waals surface area contributed by atoms with Crippen LogP contribution in [0.25, 0.3) is 11.0 Å². The summed E-state index contributed by atoms with van der Waals surface area (Å²) < 4.78 is 0. The third-order valence-electron chi connectivity index (χ3n) is 3.70. The van der Waals surface area contributed by atoms with Crippen molar-refractivity contribution >= 4 is 23.0 Å². The monoisotopic (exact) mass is 259 g/mol. The molecule has 1 aromatic heterocycles. The maximum absolute atomic E-state index is 11.1. The lowest BCUT2D eigenvalue weighted by molar-refractivity contribution is -0.141. The van der Waals surface area contributed by atoms with Crippen LogP contribution in [0.4, 0.5) is 5.95 Å². The maximum atomic E-state index is 11.1. The van der Waals surface area contributed by atoms with E-state index < -0.39 is 5.97 Å². The van der Waals surface area contributed by atoms with Gasteiger partial charge in [0.1, 0.15) is 0 Å². The van der Waals surface area contributed by atoms with Crippen LogP contribution < -0.4 is 4.90 Å². The Hall–Kier alpha value is -2.04. The third-order valence-corrected chi connectivity index (χ3v) is 3.70. The van der Waals surface area contributed by atoms with Gasteiger partial charge < -0.3 is 15.0 Å². The minimum atomic E-state index is -0.711. The first kappa shape index (κ1) is 12.0. The van der Waals surface area contributed by atoms with E-state index in [-0.39, 0.29) is 5.92 Å². The van der Waals surface area contributed by atoms with Gasteiger partial charge in [0, 0.05) is 13.1 Å². The number of nitrogens with one attached hydrogen (secondary N) is 1. The summed E-state index contributed by atoms with van der Waals surface area (Å²) in [6, 6.07) is 6.08. The lowest BCUT2D eigenvalue weighted by Crippen LogP contribution is -2.39. The molecule has 1 atom stereocenters. The number of rotatable bonds is 2. The number of carboxylic acids is 1. The summed E-state index contributed by atoms with van der Waals surface area (Å²) >= 11 is 0. The maximum Gasteiger partial charge on any atom is 0.308 e. The zero-order valence-electron chi connectivity index (χ0n) is 10.9. The van der Waals surface area contributed by atoms with Crippen LogP contribution >= 0.6 is 0 Å². The Balaban J connectivity index is 1.89. The number of aryl methyl sites for hydroxylation is 1. The van der Waals surface area contributed by atoms with Gasteiger partial charge in [-0.25, -0.2) is 4.98 Å². The first-order valence-electron chi connectivity index (χ1n) is 6.57. The summed E-state index contributed by atoms with van der Waals surface area (Å²) in [6.07, 6.45) is 1.65. The quantitative estimate of drug-likeness (QED) is 0.867. The molecule has 3 rings (SSSR count). The van der Waals surface area contributed by atoms with Crippen LogP contribution in [0.3, 0.4) is 0 Å². The predicted molar refractivity (Wildman–Crippen MR) is 73.4 cm³/mol. The second kappa shape index (κ2) is 4.57. The number of aliphatic carboxylic acids is 1. The van der Waals surface area contributed by atoms with E-state index in [0.29, 0.717) is 6.54 Å². The lowest BCUT2D eigenvalue weighted by Gasteiger charge is -2.30. The van der Waals surface area contributed by atoms with Gasteiger partial charge in [-0.2, -0.15) is 0 Å². The van der Waals surface area contributed by atoms with Crippen molar-refractivity contribution in [2.24, 2.45) is 5.92 Å². The standard InChI is InChI=1S/C14H17N3O2/c1-9-4-5-11-12(7-9)16-14(15-11)17-6-2-3-10(8-17)13(18)19/h4-5,7,10H,2-3,6,8H2,1H3,(H,15,16)(H,18,19). The van der Waals surface area contributed by atoms with E-state index in [1.807, 2.05) is 24.0 Å². The van der Waals surface area contributed by atoms with E-state index in [2.05, 4.69) is 16.0 Å². The Labute approximate surface area is 111 Å². The van der Waals surface area contributed by atoms with Gasteiger partial charge in [0.2, 0.25) is 5.95 Å². The van der Waals surface area contributed by atoms with Gasteiger partial charge in [-0.05, 0) is 37.5 Å². The van der Waals surface area contributed by atoms with Crippen molar-refractivity contribution in [2.45, 2.75) is 19.8 Å². The van der Waals surface area contributed by atoms with Gasteiger partial charge >= 0.3 is 5.97 Å². The molecule has 1 saturated heterocycles. The summed E-state index contributed by atoms with van der Waals surface area (Å²) in [6.45, 7) is 3.44. The van der Waals surface area contributed by atoms with Crippen molar-refractivity contribution in [1.29, 1.82) is 0 Å². The second-order valence-corrected chi connectivity index (χ2v) is 5.20. The predicted octanol–water partition coefficient (Wildman–Crippen LogP) is 2.17. The zero-order valence-corrected chi connectivity index (χ0v) is 10.9. The van der Waals surface area contributed by atoms with Crippen LogP contribution in [0.15, 0.2) is 18.2 Å². The number of imidazole rings is 1. The van der Waals surface area contributed by atoms with Crippen LogP contribution in [0.5, 0.6) is 0 Å². The minimum Gasteiger partial charge on any atom is -0.481 e. The normalized spacial score (nSPS) is 19.8. The number of carbonyl (C=O) groups is 1. The molecule has 5 heteroatoms. The summed E-state index contributed by atoms with van der Waals surface area (Å²) in [5.74, 6) is -0.216. The molecule has 19 heavy (non-hydrogen) atoms. The molecule has 0 bridgehead atoms. The highest BCUT2D eigenvalue weighted by atomic mass is 16.4. The van der Waals surface area contributed by atoms with Gasteiger partial charge in [0.05, 0.1) is 17.0 Å². The number of benzene rings is 1. The molecule has 0 radical (unpaired) electrons. The van der Waals surface area contributed by atoms with E-state index in [1.165, 1.54) is 5.56 Å². The van der Waals surface area contributed by atoms with Crippen molar-refractivity contribution in [1.82, 2.24) is 9.97 Å². The number of piperidine rings is 1. The molecule has 0 amide bonds. The molecule has 100 valence electrons. The molecule has 0 aliphatic carbocycles. The van der Waals surface area contributed by atoms with Crippen LogP contribution in [0.2, 0.25) is 0 Å². The SMILES string of the molecule is Cc1ccc2nc(N3CCCC(C(=O)O)C3)[nH]c2c1. The van der Waals surface area contributed by atoms with Crippen molar-refractivity contribution in [2.75, 3.05) is 18.0 Å². The molecule has 2 aromatic rings. The van der Waals surface area contributed by atoms with Gasteiger partial charge in [0.15, 0.2) is 0 Å². The van der Waals surface area contributed by atoms with E-state index >= 15 is 0 Å². The molecule has 5 nitrogen and oxygen atoms in total. The van der Waals surface area contributed by atoms with Gasteiger partial charge in [-0.3, -0.25) is 4.79 Å². The first-order valence-corrected chi connectivity index (χ1v) is 6.57. The van der Waals surface area contributed by atoms with Gasteiger partial charge in [-0.1, -0.05) is 6.07 Å². The van der Waals surface area contributed by atoms with Crippen LogP contribution in [-0.2, 0) is 4.79 Å². The number of carboxylic acid groups (broad SMARTS) is 1. The zero-order chi connectivity index (χ0) is 13.4. The number of hydrogen-bond acceptors (Lipinski definition) is 3. The fourth-order valence-electron chi connectivity index (χ4n) is 2.63. The number of nitrogens with zero attached hydrogens (tertiary/aromatic N) is 2. The minimum absolute atomic E-state index is 0.288. The highest BCUT2D eigenvalue weighted by molar-refractivity contribution is 5.78. The first-order chi connectivity index (χ1) is 9.13. The Kier molecular flexibility index (Phi) is 2.89. The van der Waals surface area contributed by atoms with E-state index in [4.69, 9.17) is 5.11 Å². The molecule has 0 saturated carbocycles. The van der Waals surface area contributed by atoms with Crippen LogP contribution in [-0.4, -0.2) is 34.1 Å². The molecule has 1 aliphatic rings. The smallest absolute Gasteiger partial charge is 0.308 e. The summed E-state index contributed by atoms with van der Waals surface area (Å²) in [7, 11) is 0. The molecule has 1 unspecified atom stereocenters. The average Bonchev–Trinajstić information content (AvgIpc) is 2.81. The largest absolute Gasteiger partial charge is 0.481 e. The van der Waals surface area contributed by atoms with E-state index in [9.17, 15) is 4.79 Å². The summed E-state index contributed by atoms with van der Waals surface area (Å²) in [5, 5.41) is 9.12. The average molecular weight is 259 g/mol. The van der Waals surface area contributed by atoms with Gasteiger partial charge in [0.25, 0.3) is 0 Å². The van der Waals surface area contributed by atoms with Crippen molar-refractivity contribution in [3.05, 3.63) is 23.8 Å². The number of fused-ring (bicyclic) bond motifs is 1. The van der Waals surface area contributed by atoms with Crippen molar-refractivity contribution in [3.63, 3.8) is 0 Å². The van der Waals surface area contributed by atoms with Gasteiger partial charge in [-0.15, -0.1) is 0 Å². The number of H-pyrrole nitrogens is 1. The molecule has 1 aromatic carbocycles. The lowest BCUT2D eigenvalue weighted by atomic mass is 9.99. The molecule has 0 spiro atoms. The molecule has 1 aliphatic heterocycles. The molecular weight excluding hydrogens is 242 g/mol. The second-order valence-electron chi connectivity index (χ2n) is 5.20. The fourth-order valence-corrected chi connectivity index (χ4v) is 2.63. The Morgan fingerprint density at radius 1 is 1.53 bits per heavy atom. The number of aromatic nitrogens is 2. The van der Waals surface area contributed by atoms with Crippen molar-refractivity contribution in [3.8, 4) is 0 Å². The Morgan fingerprint density at radius 3 is 3.16 bits per heavy atom. The van der Waals surface area contributed by atoms with E-state index in [0.717, 1.165) is 36.4 Å². The molecular formula is C14H17N3O2. The summed E-state index contributed by atoms with van der Waals surface area (Å²) in [4.78, 5) is 21.0. The number of anilines is 1. The van der Waals surface area contributed by atoms with Crippen molar-refractivity contribution < 1.29 is 9.90 Å². The highest BCUT2D eigenvalue weighted by Crippen LogP contribution is 2.24.